The van der Waals surface area contributed by atoms with E-state index >= 15 is 0 Å². The van der Waals surface area contributed by atoms with E-state index < -0.39 is 26.5 Å². The topological polar surface area (TPSA) is 69.4 Å². The molecule has 1 saturated carbocycles. The standard InChI is InChI=1S/C14H20FNO3S/c1-3-19-9-14(16)12(13(14)20(17,18)4-2)10-6-5-7-11(15)8-10/h5-8,12-13H,3-4,9,16H2,1-2H3/t12-,13-,14+/m1/s1. The fraction of sp³-hybridized carbons (Fsp3) is 0.571. The Balaban J connectivity index is 2.35. The predicted molar refractivity (Wildman–Crippen MR) is 75.8 cm³/mol. The SMILES string of the molecule is CCOC[C@]1(N)[C@H](c2cccc(F)c2)[C@H]1S(=O)(=O)CC. The van der Waals surface area contributed by atoms with E-state index in [1.807, 2.05) is 6.92 Å². The monoisotopic (exact) mass is 301 g/mol. The zero-order valence-corrected chi connectivity index (χ0v) is 12.5. The number of halogens is 1. The smallest absolute Gasteiger partial charge is 0.155 e. The third-order valence-electron chi connectivity index (χ3n) is 3.86. The van der Waals surface area contributed by atoms with E-state index in [9.17, 15) is 12.8 Å². The van der Waals surface area contributed by atoms with E-state index in [1.165, 1.54) is 12.1 Å². The van der Waals surface area contributed by atoms with Crippen molar-refractivity contribution < 1.29 is 17.5 Å². The number of ether oxygens (including phenoxy) is 1. The van der Waals surface area contributed by atoms with Crippen LogP contribution in [0.15, 0.2) is 24.3 Å². The Bertz CT molecular complexity index is 590. The van der Waals surface area contributed by atoms with Crippen molar-refractivity contribution in [1.29, 1.82) is 0 Å². The lowest BCUT2D eigenvalue weighted by Gasteiger charge is -2.12. The number of benzene rings is 1. The lowest BCUT2D eigenvalue weighted by molar-refractivity contribution is 0.125. The lowest BCUT2D eigenvalue weighted by atomic mass is 10.1. The first-order valence-electron chi connectivity index (χ1n) is 6.70. The Morgan fingerprint density at radius 1 is 1.40 bits per heavy atom. The molecule has 3 atom stereocenters. The summed E-state index contributed by atoms with van der Waals surface area (Å²) in [6.07, 6.45) is 0. The van der Waals surface area contributed by atoms with Gasteiger partial charge in [0.2, 0.25) is 0 Å². The molecule has 112 valence electrons. The van der Waals surface area contributed by atoms with Crippen molar-refractivity contribution in [3.63, 3.8) is 0 Å². The molecular formula is C14H20FNO3S. The van der Waals surface area contributed by atoms with Crippen LogP contribution in [0.1, 0.15) is 25.3 Å². The van der Waals surface area contributed by atoms with Gasteiger partial charge in [-0.3, -0.25) is 0 Å². The van der Waals surface area contributed by atoms with E-state index in [1.54, 1.807) is 19.1 Å². The quantitative estimate of drug-likeness (QED) is 0.863. The maximum atomic E-state index is 13.3. The van der Waals surface area contributed by atoms with Gasteiger partial charge in [-0.1, -0.05) is 19.1 Å². The van der Waals surface area contributed by atoms with Crippen molar-refractivity contribution in [2.75, 3.05) is 19.0 Å². The molecule has 1 aromatic rings. The summed E-state index contributed by atoms with van der Waals surface area (Å²) in [6, 6.07) is 5.96. The second-order valence-corrected chi connectivity index (χ2v) is 7.57. The molecule has 1 fully saturated rings. The second kappa shape index (κ2) is 5.42. The normalized spacial score (nSPS) is 29.4. The van der Waals surface area contributed by atoms with E-state index in [2.05, 4.69) is 0 Å². The van der Waals surface area contributed by atoms with Gasteiger partial charge in [0.05, 0.1) is 17.4 Å². The molecule has 0 unspecified atom stereocenters. The molecule has 1 aliphatic rings. The highest BCUT2D eigenvalue weighted by Crippen LogP contribution is 2.54. The van der Waals surface area contributed by atoms with Crippen LogP contribution >= 0.6 is 0 Å². The molecule has 0 bridgehead atoms. The maximum absolute atomic E-state index is 13.3. The third-order valence-corrected chi connectivity index (χ3v) is 6.15. The van der Waals surface area contributed by atoms with E-state index in [0.29, 0.717) is 12.2 Å². The third kappa shape index (κ3) is 2.60. The molecule has 2 N–H and O–H groups in total. The molecule has 1 aliphatic carbocycles. The van der Waals surface area contributed by atoms with Crippen LogP contribution in [-0.4, -0.2) is 38.2 Å². The van der Waals surface area contributed by atoms with Gasteiger partial charge in [-0.2, -0.15) is 0 Å². The number of rotatable bonds is 6. The van der Waals surface area contributed by atoms with Gasteiger partial charge in [0, 0.05) is 18.3 Å². The Morgan fingerprint density at radius 3 is 2.65 bits per heavy atom. The van der Waals surface area contributed by atoms with Gasteiger partial charge < -0.3 is 10.5 Å². The van der Waals surface area contributed by atoms with Crippen molar-refractivity contribution >= 4 is 9.84 Å². The van der Waals surface area contributed by atoms with Gasteiger partial charge >= 0.3 is 0 Å². The minimum Gasteiger partial charge on any atom is -0.380 e. The summed E-state index contributed by atoms with van der Waals surface area (Å²) < 4.78 is 43.0. The highest BCUT2D eigenvalue weighted by molar-refractivity contribution is 7.92. The van der Waals surface area contributed by atoms with Crippen LogP contribution in [0.25, 0.3) is 0 Å². The number of nitrogens with two attached hydrogens (primary N) is 1. The Kier molecular flexibility index (Phi) is 4.18. The van der Waals surface area contributed by atoms with Gasteiger partial charge in [0.15, 0.2) is 9.84 Å². The Labute approximate surface area is 119 Å². The van der Waals surface area contributed by atoms with Gasteiger partial charge in [-0.15, -0.1) is 0 Å². The molecular weight excluding hydrogens is 281 g/mol. The summed E-state index contributed by atoms with van der Waals surface area (Å²) in [7, 11) is -3.30. The number of hydrogen-bond donors (Lipinski definition) is 1. The molecule has 6 heteroatoms. The molecule has 2 rings (SSSR count). The molecule has 1 aromatic carbocycles. The molecule has 0 saturated heterocycles. The van der Waals surface area contributed by atoms with Crippen LogP contribution in [0.3, 0.4) is 0 Å². The number of sulfone groups is 1. The maximum Gasteiger partial charge on any atom is 0.155 e. The molecule has 0 aliphatic heterocycles. The first kappa shape index (κ1) is 15.4. The zero-order chi connectivity index (χ0) is 15.0. The lowest BCUT2D eigenvalue weighted by Crippen LogP contribution is -2.36. The minimum absolute atomic E-state index is 0.0224. The second-order valence-electron chi connectivity index (χ2n) is 5.15. The van der Waals surface area contributed by atoms with E-state index in [0.717, 1.165) is 0 Å². The van der Waals surface area contributed by atoms with Crippen LogP contribution in [0.2, 0.25) is 0 Å². The Hall–Kier alpha value is -0.980. The molecule has 4 nitrogen and oxygen atoms in total. The zero-order valence-electron chi connectivity index (χ0n) is 11.7. The summed E-state index contributed by atoms with van der Waals surface area (Å²) in [4.78, 5) is 0. The van der Waals surface area contributed by atoms with Crippen molar-refractivity contribution in [3.8, 4) is 0 Å². The van der Waals surface area contributed by atoms with Crippen LogP contribution < -0.4 is 5.73 Å². The summed E-state index contributed by atoms with van der Waals surface area (Å²) in [5, 5.41) is -0.701. The van der Waals surface area contributed by atoms with Gasteiger partial charge in [0.25, 0.3) is 0 Å². The van der Waals surface area contributed by atoms with E-state index in [4.69, 9.17) is 10.5 Å². The van der Waals surface area contributed by atoms with Crippen molar-refractivity contribution in [2.45, 2.75) is 30.6 Å². The summed E-state index contributed by atoms with van der Waals surface area (Å²) in [5.41, 5.74) is 5.90. The summed E-state index contributed by atoms with van der Waals surface area (Å²) >= 11 is 0. The van der Waals surface area contributed by atoms with Gasteiger partial charge in [0.1, 0.15) is 5.82 Å². The fourth-order valence-electron chi connectivity index (χ4n) is 2.78. The fourth-order valence-corrected chi connectivity index (χ4v) is 4.77. The van der Waals surface area contributed by atoms with Crippen molar-refractivity contribution in [2.24, 2.45) is 5.73 Å². The molecule has 0 heterocycles. The predicted octanol–water partition coefficient (Wildman–Crippen LogP) is 1.46. The Morgan fingerprint density at radius 2 is 2.10 bits per heavy atom. The average molecular weight is 301 g/mol. The minimum atomic E-state index is -3.30. The number of hydrogen-bond acceptors (Lipinski definition) is 4. The van der Waals surface area contributed by atoms with Gasteiger partial charge in [-0.05, 0) is 24.6 Å². The molecule has 0 amide bonds. The van der Waals surface area contributed by atoms with Crippen molar-refractivity contribution in [3.05, 3.63) is 35.6 Å². The first-order chi connectivity index (χ1) is 9.36. The van der Waals surface area contributed by atoms with E-state index in [-0.39, 0.29) is 18.2 Å². The van der Waals surface area contributed by atoms with Crippen LogP contribution in [0.4, 0.5) is 4.39 Å². The first-order valence-corrected chi connectivity index (χ1v) is 8.42. The van der Waals surface area contributed by atoms with Gasteiger partial charge in [-0.25, -0.2) is 12.8 Å². The summed E-state index contributed by atoms with van der Waals surface area (Å²) in [5.74, 6) is -0.773. The summed E-state index contributed by atoms with van der Waals surface area (Å²) in [6.45, 7) is 4.05. The van der Waals surface area contributed by atoms with Crippen molar-refractivity contribution in [1.82, 2.24) is 0 Å². The average Bonchev–Trinajstić information content (AvgIpc) is 3.04. The highest BCUT2D eigenvalue weighted by Gasteiger charge is 2.68. The van der Waals surface area contributed by atoms with Crippen LogP contribution in [0, 0.1) is 5.82 Å². The molecule has 20 heavy (non-hydrogen) atoms. The van der Waals surface area contributed by atoms with Crippen LogP contribution in [0.5, 0.6) is 0 Å². The molecule has 0 aromatic heterocycles. The highest BCUT2D eigenvalue weighted by atomic mass is 32.2. The largest absolute Gasteiger partial charge is 0.380 e. The molecule has 0 spiro atoms. The molecule has 0 radical (unpaired) electrons. The van der Waals surface area contributed by atoms with Crippen LogP contribution in [-0.2, 0) is 14.6 Å².